The monoisotopic (exact) mass is 409 g/mol. The molecule has 2 aromatic heterocycles. The van der Waals surface area contributed by atoms with Crippen molar-refractivity contribution in [2.75, 3.05) is 42.5 Å². The highest BCUT2D eigenvalue weighted by molar-refractivity contribution is 5.94. The molecule has 0 saturated carbocycles. The summed E-state index contributed by atoms with van der Waals surface area (Å²) in [6.45, 7) is 7.72. The van der Waals surface area contributed by atoms with Gasteiger partial charge >= 0.3 is 0 Å². The summed E-state index contributed by atoms with van der Waals surface area (Å²) in [6.07, 6.45) is 9.95. The molecule has 5 heterocycles. The normalized spacial score (nSPS) is 20.4. The summed E-state index contributed by atoms with van der Waals surface area (Å²) >= 11 is 0. The van der Waals surface area contributed by atoms with Crippen LogP contribution in [-0.2, 0) is 13.0 Å². The number of aromatic nitrogens is 2. The number of fused-ring (bicyclic) bond motifs is 1. The molecule has 0 radical (unpaired) electrons. The highest BCUT2D eigenvalue weighted by Gasteiger charge is 2.30. The largest absolute Gasteiger partial charge is 0.472 e. The lowest BCUT2D eigenvalue weighted by atomic mass is 9.99. The molecule has 2 saturated heterocycles. The number of carbonyl (C=O) groups excluding carboxylic acids is 1. The van der Waals surface area contributed by atoms with Crippen molar-refractivity contribution in [3.63, 3.8) is 0 Å². The number of carbonyl (C=O) groups is 1. The zero-order valence-electron chi connectivity index (χ0n) is 17.8. The van der Waals surface area contributed by atoms with E-state index in [0.29, 0.717) is 18.7 Å². The molecule has 0 aromatic carbocycles. The van der Waals surface area contributed by atoms with Gasteiger partial charge in [-0.15, -0.1) is 0 Å². The second-order valence-corrected chi connectivity index (χ2v) is 8.98. The molecule has 7 nitrogen and oxygen atoms in total. The molecule has 30 heavy (non-hydrogen) atoms. The fourth-order valence-electron chi connectivity index (χ4n) is 4.84. The Hall–Kier alpha value is -2.57. The number of amides is 1. The molecule has 0 spiro atoms. The van der Waals surface area contributed by atoms with Gasteiger partial charge in [-0.25, -0.2) is 4.98 Å². The minimum Gasteiger partial charge on any atom is -0.472 e. The summed E-state index contributed by atoms with van der Waals surface area (Å²) in [4.78, 5) is 29.7. The van der Waals surface area contributed by atoms with Crippen LogP contribution < -0.4 is 9.80 Å². The highest BCUT2D eigenvalue weighted by atomic mass is 16.3. The standard InChI is InChI=1S/C23H31N5O2/c1-17-5-11-27(12-6-17)23-24-20-7-13-28(22(29)18-8-14-30-16-18)15-19(20)21(25-23)26-9-3-2-4-10-26/h8,14,16-17H,2-7,9-13,15H2,1H3. The Morgan fingerprint density at radius 3 is 2.57 bits per heavy atom. The first-order valence-corrected chi connectivity index (χ1v) is 11.4. The predicted molar refractivity (Wildman–Crippen MR) is 116 cm³/mol. The molecule has 3 aliphatic heterocycles. The third-order valence-corrected chi connectivity index (χ3v) is 6.80. The van der Waals surface area contributed by atoms with Crippen molar-refractivity contribution in [2.24, 2.45) is 5.92 Å². The number of rotatable bonds is 3. The van der Waals surface area contributed by atoms with Crippen molar-refractivity contribution >= 4 is 17.7 Å². The molecule has 160 valence electrons. The van der Waals surface area contributed by atoms with E-state index in [0.717, 1.165) is 61.5 Å². The van der Waals surface area contributed by atoms with Crippen LogP contribution in [0.4, 0.5) is 11.8 Å². The number of piperidine rings is 2. The van der Waals surface area contributed by atoms with E-state index in [4.69, 9.17) is 14.4 Å². The molecular weight excluding hydrogens is 378 g/mol. The van der Waals surface area contributed by atoms with Crippen LogP contribution >= 0.6 is 0 Å². The Morgan fingerprint density at radius 2 is 1.83 bits per heavy atom. The molecule has 5 rings (SSSR count). The van der Waals surface area contributed by atoms with Crippen LogP contribution in [0.5, 0.6) is 0 Å². The smallest absolute Gasteiger partial charge is 0.257 e. The first-order valence-electron chi connectivity index (χ1n) is 11.4. The molecule has 0 aliphatic carbocycles. The van der Waals surface area contributed by atoms with Crippen LogP contribution in [0.25, 0.3) is 0 Å². The van der Waals surface area contributed by atoms with E-state index in [1.807, 2.05) is 4.90 Å². The quantitative estimate of drug-likeness (QED) is 0.773. The number of hydrogen-bond acceptors (Lipinski definition) is 6. The van der Waals surface area contributed by atoms with E-state index in [1.165, 1.54) is 38.4 Å². The lowest BCUT2D eigenvalue weighted by Gasteiger charge is -2.36. The first kappa shape index (κ1) is 19.4. The Morgan fingerprint density at radius 1 is 1.03 bits per heavy atom. The molecule has 0 unspecified atom stereocenters. The van der Waals surface area contributed by atoms with Gasteiger partial charge in [0, 0.05) is 44.7 Å². The van der Waals surface area contributed by atoms with Gasteiger partial charge in [-0.1, -0.05) is 6.92 Å². The molecular formula is C23H31N5O2. The third-order valence-electron chi connectivity index (χ3n) is 6.80. The van der Waals surface area contributed by atoms with E-state index in [-0.39, 0.29) is 5.91 Å². The van der Waals surface area contributed by atoms with Crippen LogP contribution in [0.2, 0.25) is 0 Å². The van der Waals surface area contributed by atoms with Gasteiger partial charge in [0.15, 0.2) is 0 Å². The van der Waals surface area contributed by atoms with Crippen molar-refractivity contribution < 1.29 is 9.21 Å². The Balaban J connectivity index is 1.47. The molecule has 0 bridgehead atoms. The molecule has 0 N–H and O–H groups in total. The summed E-state index contributed by atoms with van der Waals surface area (Å²) < 4.78 is 5.12. The molecule has 0 atom stereocenters. The van der Waals surface area contributed by atoms with Gasteiger partial charge in [-0.2, -0.15) is 4.98 Å². The third kappa shape index (κ3) is 3.77. The molecule has 3 aliphatic rings. The average molecular weight is 410 g/mol. The summed E-state index contributed by atoms with van der Waals surface area (Å²) in [6, 6.07) is 1.74. The van der Waals surface area contributed by atoms with Crippen molar-refractivity contribution in [3.8, 4) is 0 Å². The van der Waals surface area contributed by atoms with Gasteiger partial charge in [0.2, 0.25) is 5.95 Å². The summed E-state index contributed by atoms with van der Waals surface area (Å²) in [5.74, 6) is 2.74. The minimum absolute atomic E-state index is 0.0214. The van der Waals surface area contributed by atoms with Crippen LogP contribution in [0.1, 0.15) is 60.6 Å². The van der Waals surface area contributed by atoms with Crippen molar-refractivity contribution in [1.82, 2.24) is 14.9 Å². The maximum absolute atomic E-state index is 12.9. The molecule has 1 amide bonds. The van der Waals surface area contributed by atoms with Crippen LogP contribution in [0, 0.1) is 5.92 Å². The van der Waals surface area contributed by atoms with Gasteiger partial charge in [-0.05, 0) is 44.1 Å². The van der Waals surface area contributed by atoms with E-state index >= 15 is 0 Å². The van der Waals surface area contributed by atoms with E-state index < -0.39 is 0 Å². The second kappa shape index (κ2) is 8.28. The fraction of sp³-hybridized carbons (Fsp3) is 0.609. The van der Waals surface area contributed by atoms with Crippen LogP contribution in [0.3, 0.4) is 0 Å². The van der Waals surface area contributed by atoms with E-state index in [1.54, 1.807) is 12.3 Å². The van der Waals surface area contributed by atoms with Crippen LogP contribution in [-0.4, -0.2) is 53.5 Å². The van der Waals surface area contributed by atoms with Gasteiger partial charge < -0.3 is 19.1 Å². The maximum atomic E-state index is 12.9. The van der Waals surface area contributed by atoms with Crippen molar-refractivity contribution in [1.29, 1.82) is 0 Å². The topological polar surface area (TPSA) is 65.7 Å². The zero-order chi connectivity index (χ0) is 20.5. The lowest BCUT2D eigenvalue weighted by Crippen LogP contribution is -2.40. The molecule has 2 fully saturated rings. The number of furan rings is 1. The van der Waals surface area contributed by atoms with E-state index in [2.05, 4.69) is 16.7 Å². The van der Waals surface area contributed by atoms with E-state index in [9.17, 15) is 4.79 Å². The lowest BCUT2D eigenvalue weighted by molar-refractivity contribution is 0.0733. The first-order chi connectivity index (χ1) is 14.7. The Bertz CT molecular complexity index is 883. The second-order valence-electron chi connectivity index (χ2n) is 8.98. The van der Waals surface area contributed by atoms with Gasteiger partial charge in [0.05, 0.1) is 24.1 Å². The zero-order valence-corrected chi connectivity index (χ0v) is 17.8. The number of hydrogen-bond donors (Lipinski definition) is 0. The van der Waals surface area contributed by atoms with Gasteiger partial charge in [-0.3, -0.25) is 4.79 Å². The van der Waals surface area contributed by atoms with Crippen molar-refractivity contribution in [3.05, 3.63) is 35.4 Å². The van der Waals surface area contributed by atoms with Crippen molar-refractivity contribution in [2.45, 2.75) is 52.0 Å². The Labute approximate surface area is 178 Å². The summed E-state index contributed by atoms with van der Waals surface area (Å²) in [5, 5.41) is 0. The Kier molecular flexibility index (Phi) is 5.35. The highest BCUT2D eigenvalue weighted by Crippen LogP contribution is 2.32. The molecule has 2 aromatic rings. The fourth-order valence-corrected chi connectivity index (χ4v) is 4.84. The maximum Gasteiger partial charge on any atom is 0.257 e. The number of nitrogens with zero attached hydrogens (tertiary/aromatic N) is 5. The van der Waals surface area contributed by atoms with Gasteiger partial charge in [0.1, 0.15) is 12.1 Å². The average Bonchev–Trinajstić information content (AvgIpc) is 3.33. The van der Waals surface area contributed by atoms with Gasteiger partial charge in [0.25, 0.3) is 5.91 Å². The van der Waals surface area contributed by atoms with Crippen LogP contribution in [0.15, 0.2) is 23.0 Å². The number of anilines is 2. The minimum atomic E-state index is 0.0214. The summed E-state index contributed by atoms with van der Waals surface area (Å²) in [7, 11) is 0. The SMILES string of the molecule is CC1CCN(c2nc3c(c(N4CCCCC4)n2)CN(C(=O)c2ccoc2)CC3)CC1. The predicted octanol–water partition coefficient (Wildman–Crippen LogP) is 3.49. The molecule has 7 heteroatoms. The summed E-state index contributed by atoms with van der Waals surface area (Å²) in [5.41, 5.74) is 2.86.